The van der Waals surface area contributed by atoms with Gasteiger partial charge in [-0.2, -0.15) is 0 Å². The van der Waals surface area contributed by atoms with Crippen LogP contribution in [0, 0.1) is 0 Å². The highest BCUT2D eigenvalue weighted by molar-refractivity contribution is 6.30. The first-order chi connectivity index (χ1) is 7.65. The van der Waals surface area contributed by atoms with Crippen LogP contribution in [0.25, 0.3) is 0 Å². The van der Waals surface area contributed by atoms with Crippen LogP contribution in [-0.4, -0.2) is 10.9 Å². The smallest absolute Gasteiger partial charge is 0.272 e. The maximum absolute atomic E-state index is 11.7. The molecule has 2 rings (SSSR count). The van der Waals surface area contributed by atoms with Crippen molar-refractivity contribution in [1.29, 1.82) is 0 Å². The van der Waals surface area contributed by atoms with Gasteiger partial charge in [0, 0.05) is 22.6 Å². The Hall–Kier alpha value is -1.94. The minimum Gasteiger partial charge on any atom is -0.397 e. The molecule has 0 radical (unpaired) electrons. The fourth-order valence-corrected chi connectivity index (χ4v) is 1.40. The summed E-state index contributed by atoms with van der Waals surface area (Å²) < 4.78 is 0. The normalized spacial score (nSPS) is 10.1. The van der Waals surface area contributed by atoms with Crippen molar-refractivity contribution in [3.8, 4) is 0 Å². The first-order valence-corrected chi connectivity index (χ1v) is 5.04. The average Bonchev–Trinajstić information content (AvgIpc) is 2.68. The number of aromatic nitrogens is 1. The molecule has 1 amide bonds. The molecule has 0 atom stereocenters. The minimum atomic E-state index is -0.237. The summed E-state index contributed by atoms with van der Waals surface area (Å²) in [5, 5.41) is 3.34. The van der Waals surface area contributed by atoms with Gasteiger partial charge in [-0.1, -0.05) is 11.6 Å². The standard InChI is InChI=1S/C11H10ClN3O/c12-7-1-3-9(4-2-7)15-11(16)10-5-8(13)6-14-10/h1-6,14H,13H2,(H,15,16). The van der Waals surface area contributed by atoms with Crippen molar-refractivity contribution >= 4 is 28.9 Å². The molecule has 16 heavy (non-hydrogen) atoms. The molecule has 1 aromatic heterocycles. The zero-order chi connectivity index (χ0) is 11.5. The number of carbonyl (C=O) groups is 1. The molecule has 0 bridgehead atoms. The molecule has 0 aliphatic heterocycles. The number of rotatable bonds is 2. The Labute approximate surface area is 97.4 Å². The van der Waals surface area contributed by atoms with E-state index in [0.29, 0.717) is 22.1 Å². The molecule has 1 aromatic carbocycles. The SMILES string of the molecule is Nc1c[nH]c(C(=O)Nc2ccc(Cl)cc2)c1. The van der Waals surface area contributed by atoms with Gasteiger partial charge in [-0.05, 0) is 30.3 Å². The molecule has 5 heteroatoms. The summed E-state index contributed by atoms with van der Waals surface area (Å²) in [4.78, 5) is 14.5. The van der Waals surface area contributed by atoms with Crippen LogP contribution in [0.5, 0.6) is 0 Å². The minimum absolute atomic E-state index is 0.237. The van der Waals surface area contributed by atoms with Crippen LogP contribution < -0.4 is 11.1 Å². The number of H-pyrrole nitrogens is 1. The number of hydrogen-bond acceptors (Lipinski definition) is 2. The van der Waals surface area contributed by atoms with E-state index in [2.05, 4.69) is 10.3 Å². The summed E-state index contributed by atoms with van der Waals surface area (Å²) in [6.45, 7) is 0. The van der Waals surface area contributed by atoms with Crippen LogP contribution in [0.2, 0.25) is 5.02 Å². The van der Waals surface area contributed by atoms with Crippen LogP contribution in [-0.2, 0) is 0 Å². The number of hydrogen-bond donors (Lipinski definition) is 3. The molecule has 0 saturated carbocycles. The van der Waals surface area contributed by atoms with Crippen molar-refractivity contribution in [3.05, 3.63) is 47.2 Å². The Balaban J connectivity index is 2.10. The highest BCUT2D eigenvalue weighted by Crippen LogP contribution is 2.14. The molecule has 0 aliphatic carbocycles. The van der Waals surface area contributed by atoms with Gasteiger partial charge in [0.25, 0.3) is 5.91 Å². The molecule has 2 aromatic rings. The number of nitrogen functional groups attached to an aromatic ring is 1. The number of amides is 1. The first kappa shape index (κ1) is 10.6. The van der Waals surface area contributed by atoms with Gasteiger partial charge in [0.15, 0.2) is 0 Å². The maximum Gasteiger partial charge on any atom is 0.272 e. The summed E-state index contributed by atoms with van der Waals surface area (Å²) >= 11 is 5.73. The lowest BCUT2D eigenvalue weighted by atomic mass is 10.3. The number of nitrogens with one attached hydrogen (secondary N) is 2. The molecule has 0 saturated heterocycles. The van der Waals surface area contributed by atoms with Crippen LogP contribution in [0.3, 0.4) is 0 Å². The van der Waals surface area contributed by atoms with Gasteiger partial charge in [-0.3, -0.25) is 4.79 Å². The van der Waals surface area contributed by atoms with Crippen molar-refractivity contribution in [2.75, 3.05) is 11.1 Å². The van der Waals surface area contributed by atoms with Crippen molar-refractivity contribution < 1.29 is 4.79 Å². The van der Waals surface area contributed by atoms with E-state index in [1.807, 2.05) is 0 Å². The number of nitrogens with two attached hydrogens (primary N) is 1. The van der Waals surface area contributed by atoms with Gasteiger partial charge in [0.1, 0.15) is 5.69 Å². The summed E-state index contributed by atoms with van der Waals surface area (Å²) in [7, 11) is 0. The Kier molecular flexibility index (Phi) is 2.83. The number of benzene rings is 1. The molecule has 1 heterocycles. The third-order valence-electron chi connectivity index (χ3n) is 2.05. The Morgan fingerprint density at radius 1 is 1.31 bits per heavy atom. The molecule has 4 N–H and O–H groups in total. The molecule has 0 aliphatic rings. The Bertz CT molecular complexity index is 504. The first-order valence-electron chi connectivity index (χ1n) is 4.66. The van der Waals surface area contributed by atoms with Crippen LogP contribution in [0.1, 0.15) is 10.5 Å². The van der Waals surface area contributed by atoms with Gasteiger partial charge in [-0.15, -0.1) is 0 Å². The monoisotopic (exact) mass is 235 g/mol. The predicted octanol–water partition coefficient (Wildman–Crippen LogP) is 2.50. The summed E-state index contributed by atoms with van der Waals surface area (Å²) in [5.41, 5.74) is 7.14. The van der Waals surface area contributed by atoms with E-state index in [0.717, 1.165) is 0 Å². The maximum atomic E-state index is 11.7. The molecular formula is C11H10ClN3O. The predicted molar refractivity (Wildman–Crippen MR) is 64.6 cm³/mol. The van der Waals surface area contributed by atoms with Crippen molar-refractivity contribution in [2.24, 2.45) is 0 Å². The van der Waals surface area contributed by atoms with Crippen LogP contribution in [0.4, 0.5) is 11.4 Å². The van der Waals surface area contributed by atoms with E-state index in [-0.39, 0.29) is 5.91 Å². The zero-order valence-electron chi connectivity index (χ0n) is 8.33. The van der Waals surface area contributed by atoms with Gasteiger partial charge in [0.05, 0.1) is 0 Å². The largest absolute Gasteiger partial charge is 0.397 e. The number of carbonyl (C=O) groups excluding carboxylic acids is 1. The van der Waals surface area contributed by atoms with Crippen molar-refractivity contribution in [2.45, 2.75) is 0 Å². The average molecular weight is 236 g/mol. The van der Waals surface area contributed by atoms with E-state index >= 15 is 0 Å². The molecule has 0 fully saturated rings. The molecular weight excluding hydrogens is 226 g/mol. The van der Waals surface area contributed by atoms with Gasteiger partial charge >= 0.3 is 0 Å². The van der Waals surface area contributed by atoms with Crippen LogP contribution in [0.15, 0.2) is 36.5 Å². The van der Waals surface area contributed by atoms with Gasteiger partial charge < -0.3 is 16.0 Å². The Morgan fingerprint density at radius 2 is 2.00 bits per heavy atom. The van der Waals surface area contributed by atoms with E-state index in [1.165, 1.54) is 0 Å². The van der Waals surface area contributed by atoms with Crippen molar-refractivity contribution in [1.82, 2.24) is 4.98 Å². The number of anilines is 2. The van der Waals surface area contributed by atoms with E-state index < -0.39 is 0 Å². The van der Waals surface area contributed by atoms with Crippen molar-refractivity contribution in [3.63, 3.8) is 0 Å². The Morgan fingerprint density at radius 3 is 2.56 bits per heavy atom. The second-order valence-electron chi connectivity index (χ2n) is 3.31. The molecule has 0 unspecified atom stereocenters. The number of halogens is 1. The van der Waals surface area contributed by atoms with Gasteiger partial charge in [0.2, 0.25) is 0 Å². The topological polar surface area (TPSA) is 70.9 Å². The molecule has 4 nitrogen and oxygen atoms in total. The second kappa shape index (κ2) is 4.28. The quantitative estimate of drug-likeness (QED) is 0.749. The fourth-order valence-electron chi connectivity index (χ4n) is 1.27. The lowest BCUT2D eigenvalue weighted by Crippen LogP contribution is -2.11. The zero-order valence-corrected chi connectivity index (χ0v) is 9.08. The fraction of sp³-hybridized carbons (Fsp3) is 0. The van der Waals surface area contributed by atoms with E-state index in [9.17, 15) is 4.79 Å². The lowest BCUT2D eigenvalue weighted by Gasteiger charge is -2.03. The summed E-state index contributed by atoms with van der Waals surface area (Å²) in [5.74, 6) is -0.237. The van der Waals surface area contributed by atoms with Crippen LogP contribution >= 0.6 is 11.6 Å². The third kappa shape index (κ3) is 2.35. The van der Waals surface area contributed by atoms with Gasteiger partial charge in [-0.25, -0.2) is 0 Å². The summed E-state index contributed by atoms with van der Waals surface area (Å²) in [6, 6.07) is 8.45. The highest BCUT2D eigenvalue weighted by Gasteiger charge is 2.07. The second-order valence-corrected chi connectivity index (χ2v) is 3.74. The van der Waals surface area contributed by atoms with E-state index in [4.69, 9.17) is 17.3 Å². The lowest BCUT2D eigenvalue weighted by molar-refractivity contribution is 0.102. The molecule has 82 valence electrons. The summed E-state index contributed by atoms with van der Waals surface area (Å²) in [6.07, 6.45) is 1.57. The number of aromatic amines is 1. The molecule has 0 spiro atoms. The third-order valence-corrected chi connectivity index (χ3v) is 2.30. The van der Waals surface area contributed by atoms with E-state index in [1.54, 1.807) is 36.5 Å². The highest BCUT2D eigenvalue weighted by atomic mass is 35.5.